The summed E-state index contributed by atoms with van der Waals surface area (Å²) in [5.74, 6) is 0.258. The first kappa shape index (κ1) is 17.5. The number of hydrogen-bond donors (Lipinski definition) is 2. The fraction of sp³-hybridized carbons (Fsp3) is 0.556. The maximum absolute atomic E-state index is 12.3. The van der Waals surface area contributed by atoms with E-state index < -0.39 is 0 Å². The lowest BCUT2D eigenvalue weighted by atomic mass is 10.0. The lowest BCUT2D eigenvalue weighted by Crippen LogP contribution is -2.46. The largest absolute Gasteiger partial charge is 0.507 e. The van der Waals surface area contributed by atoms with Crippen LogP contribution in [0.2, 0.25) is 0 Å². The van der Waals surface area contributed by atoms with Gasteiger partial charge < -0.3 is 15.3 Å². The molecule has 5 heteroatoms. The normalized spacial score (nSPS) is 16.5. The fourth-order valence-corrected chi connectivity index (χ4v) is 2.92. The fourth-order valence-electron chi connectivity index (χ4n) is 2.92. The molecule has 0 bridgehead atoms. The minimum atomic E-state index is -0.0572. The number of aromatic hydroxyl groups is 1. The standard InChI is InChI=1S/C18H26N2O3/c1-13(2)16(11-20-7-3-4-8-20)19-18(23)10-14-5-6-17(22)15(9-14)12-21/h5-6,9,12-13,16,22H,3-4,7-8,10-11H2,1-2H3,(H,19,23). The van der Waals surface area contributed by atoms with E-state index in [1.165, 1.54) is 18.9 Å². The summed E-state index contributed by atoms with van der Waals surface area (Å²) < 4.78 is 0. The first-order valence-electron chi connectivity index (χ1n) is 8.28. The molecule has 1 amide bonds. The van der Waals surface area contributed by atoms with E-state index in [2.05, 4.69) is 24.1 Å². The summed E-state index contributed by atoms with van der Waals surface area (Å²) in [6.45, 7) is 7.34. The van der Waals surface area contributed by atoms with Gasteiger partial charge in [0.1, 0.15) is 5.75 Å². The van der Waals surface area contributed by atoms with Crippen LogP contribution in [-0.2, 0) is 11.2 Å². The van der Waals surface area contributed by atoms with Gasteiger partial charge in [0, 0.05) is 12.6 Å². The number of phenolic OH excluding ortho intramolecular Hbond substituents is 1. The molecule has 126 valence electrons. The third-order valence-electron chi connectivity index (χ3n) is 4.39. The first-order valence-corrected chi connectivity index (χ1v) is 8.28. The Hall–Kier alpha value is -1.88. The third kappa shape index (κ3) is 5.06. The zero-order chi connectivity index (χ0) is 16.8. The van der Waals surface area contributed by atoms with Gasteiger partial charge in [0.25, 0.3) is 0 Å². The summed E-state index contributed by atoms with van der Waals surface area (Å²) in [4.78, 5) is 25.6. The smallest absolute Gasteiger partial charge is 0.224 e. The number of amides is 1. The lowest BCUT2D eigenvalue weighted by molar-refractivity contribution is -0.121. The van der Waals surface area contributed by atoms with Gasteiger partial charge in [0.15, 0.2) is 6.29 Å². The van der Waals surface area contributed by atoms with Gasteiger partial charge in [0.2, 0.25) is 5.91 Å². The molecule has 1 heterocycles. The van der Waals surface area contributed by atoms with Crippen molar-refractivity contribution in [3.05, 3.63) is 29.3 Å². The van der Waals surface area contributed by atoms with E-state index in [9.17, 15) is 14.7 Å². The number of carbonyl (C=O) groups excluding carboxylic acids is 2. The SMILES string of the molecule is CC(C)C(CN1CCCC1)NC(=O)Cc1ccc(O)c(C=O)c1. The van der Waals surface area contributed by atoms with E-state index in [0.717, 1.165) is 25.2 Å². The van der Waals surface area contributed by atoms with E-state index in [-0.39, 0.29) is 29.7 Å². The highest BCUT2D eigenvalue weighted by Crippen LogP contribution is 2.17. The average Bonchev–Trinajstić information content (AvgIpc) is 3.01. The van der Waals surface area contributed by atoms with Gasteiger partial charge in [-0.3, -0.25) is 9.59 Å². The van der Waals surface area contributed by atoms with E-state index >= 15 is 0 Å². The third-order valence-corrected chi connectivity index (χ3v) is 4.39. The zero-order valence-electron chi connectivity index (χ0n) is 13.9. The maximum atomic E-state index is 12.3. The van der Waals surface area contributed by atoms with Gasteiger partial charge in [-0.05, 0) is 49.5 Å². The van der Waals surface area contributed by atoms with Crippen LogP contribution in [0, 0.1) is 5.92 Å². The average molecular weight is 318 g/mol. The number of phenols is 1. The highest BCUT2D eigenvalue weighted by molar-refractivity contribution is 5.82. The van der Waals surface area contributed by atoms with Crippen molar-refractivity contribution < 1.29 is 14.7 Å². The Morgan fingerprint density at radius 1 is 1.35 bits per heavy atom. The van der Waals surface area contributed by atoms with Gasteiger partial charge in [-0.2, -0.15) is 0 Å². The van der Waals surface area contributed by atoms with Crippen LogP contribution in [0.4, 0.5) is 0 Å². The second-order valence-electron chi connectivity index (χ2n) is 6.61. The highest BCUT2D eigenvalue weighted by atomic mass is 16.3. The highest BCUT2D eigenvalue weighted by Gasteiger charge is 2.21. The Bertz CT molecular complexity index is 551. The van der Waals surface area contributed by atoms with Crippen molar-refractivity contribution in [2.24, 2.45) is 5.92 Å². The molecular weight excluding hydrogens is 292 g/mol. The topological polar surface area (TPSA) is 69.6 Å². The molecule has 23 heavy (non-hydrogen) atoms. The summed E-state index contributed by atoms with van der Waals surface area (Å²) in [6.07, 6.45) is 3.28. The molecule has 0 spiro atoms. The van der Waals surface area contributed by atoms with Crippen molar-refractivity contribution in [1.82, 2.24) is 10.2 Å². The lowest BCUT2D eigenvalue weighted by Gasteiger charge is -2.27. The van der Waals surface area contributed by atoms with Crippen LogP contribution in [0.25, 0.3) is 0 Å². The quantitative estimate of drug-likeness (QED) is 0.754. The van der Waals surface area contributed by atoms with E-state index in [0.29, 0.717) is 12.2 Å². The maximum Gasteiger partial charge on any atom is 0.224 e. The molecule has 0 aromatic heterocycles. The monoisotopic (exact) mass is 318 g/mol. The van der Waals surface area contributed by atoms with Gasteiger partial charge in [-0.1, -0.05) is 19.9 Å². The predicted molar refractivity (Wildman–Crippen MR) is 89.6 cm³/mol. The molecule has 0 radical (unpaired) electrons. The zero-order valence-corrected chi connectivity index (χ0v) is 13.9. The first-order chi connectivity index (χ1) is 11.0. The number of rotatable bonds is 7. The molecule has 1 fully saturated rings. The molecule has 1 aliphatic heterocycles. The van der Waals surface area contributed by atoms with Crippen LogP contribution < -0.4 is 5.32 Å². The molecule has 1 atom stereocenters. The molecule has 1 saturated heterocycles. The molecular formula is C18H26N2O3. The van der Waals surface area contributed by atoms with E-state index in [4.69, 9.17) is 0 Å². The van der Waals surface area contributed by atoms with Gasteiger partial charge >= 0.3 is 0 Å². The minimum Gasteiger partial charge on any atom is -0.507 e. The van der Waals surface area contributed by atoms with Gasteiger partial charge in [-0.25, -0.2) is 0 Å². The molecule has 0 aliphatic carbocycles. The number of nitrogens with one attached hydrogen (secondary N) is 1. The van der Waals surface area contributed by atoms with Crippen molar-refractivity contribution in [2.75, 3.05) is 19.6 Å². The van der Waals surface area contributed by atoms with Crippen molar-refractivity contribution in [2.45, 2.75) is 39.2 Å². The van der Waals surface area contributed by atoms with E-state index in [1.807, 2.05) is 0 Å². The molecule has 1 aliphatic rings. The number of carbonyl (C=O) groups is 2. The molecule has 0 saturated carbocycles. The van der Waals surface area contributed by atoms with Gasteiger partial charge in [0.05, 0.1) is 12.0 Å². The number of nitrogens with zero attached hydrogens (tertiary/aromatic N) is 1. The number of benzene rings is 1. The minimum absolute atomic E-state index is 0.0505. The molecule has 1 aromatic rings. The van der Waals surface area contributed by atoms with Crippen molar-refractivity contribution in [1.29, 1.82) is 0 Å². The summed E-state index contributed by atoms with van der Waals surface area (Å²) in [5, 5.41) is 12.6. The summed E-state index contributed by atoms with van der Waals surface area (Å²) in [5.41, 5.74) is 0.943. The molecule has 1 unspecified atom stereocenters. The van der Waals surface area contributed by atoms with Crippen LogP contribution in [0.5, 0.6) is 5.75 Å². The Kier molecular flexibility index (Phi) is 6.16. The molecule has 1 aromatic carbocycles. The number of likely N-dealkylation sites (tertiary alicyclic amines) is 1. The number of aldehydes is 1. The Labute approximate surface area is 137 Å². The van der Waals surface area contributed by atoms with Crippen molar-refractivity contribution >= 4 is 12.2 Å². The Balaban J connectivity index is 1.94. The van der Waals surface area contributed by atoms with Crippen LogP contribution in [0.15, 0.2) is 18.2 Å². The van der Waals surface area contributed by atoms with Crippen LogP contribution in [0.3, 0.4) is 0 Å². The second kappa shape index (κ2) is 8.11. The second-order valence-corrected chi connectivity index (χ2v) is 6.61. The summed E-state index contributed by atoms with van der Waals surface area (Å²) in [7, 11) is 0. The Morgan fingerprint density at radius 2 is 2.04 bits per heavy atom. The van der Waals surface area contributed by atoms with Crippen LogP contribution in [0.1, 0.15) is 42.6 Å². The summed E-state index contributed by atoms with van der Waals surface area (Å²) in [6, 6.07) is 4.82. The van der Waals surface area contributed by atoms with Crippen LogP contribution >= 0.6 is 0 Å². The summed E-state index contributed by atoms with van der Waals surface area (Å²) >= 11 is 0. The van der Waals surface area contributed by atoms with Crippen molar-refractivity contribution in [3.63, 3.8) is 0 Å². The van der Waals surface area contributed by atoms with E-state index in [1.54, 1.807) is 12.1 Å². The number of hydrogen-bond acceptors (Lipinski definition) is 4. The molecule has 5 nitrogen and oxygen atoms in total. The van der Waals surface area contributed by atoms with Crippen molar-refractivity contribution in [3.8, 4) is 5.75 Å². The molecule has 2 N–H and O–H groups in total. The van der Waals surface area contributed by atoms with Crippen LogP contribution in [-0.4, -0.2) is 47.9 Å². The van der Waals surface area contributed by atoms with Gasteiger partial charge in [-0.15, -0.1) is 0 Å². The molecule has 2 rings (SSSR count). The predicted octanol–water partition coefficient (Wildman–Crippen LogP) is 1.98. The Morgan fingerprint density at radius 3 is 2.65 bits per heavy atom.